The normalized spacial score (nSPS) is 11.8. The second kappa shape index (κ2) is 9.07. The molecule has 144 valence electrons. The minimum Gasteiger partial charge on any atom is -0.493 e. The van der Waals surface area contributed by atoms with Crippen molar-refractivity contribution in [1.29, 1.82) is 0 Å². The molecule has 0 heterocycles. The van der Waals surface area contributed by atoms with Crippen molar-refractivity contribution in [2.75, 3.05) is 6.61 Å². The fraction of sp³-hybridized carbons (Fsp3) is 0.208. The Kier molecular flexibility index (Phi) is 6.53. The van der Waals surface area contributed by atoms with Crippen molar-refractivity contribution < 1.29 is 14.6 Å². The third-order valence-electron chi connectivity index (χ3n) is 4.84. The summed E-state index contributed by atoms with van der Waals surface area (Å²) in [5.41, 5.74) is 3.97. The monoisotopic (exact) mass is 438 g/mol. The molecule has 3 aromatic rings. The average molecular weight is 439 g/mol. The molecule has 28 heavy (non-hydrogen) atoms. The van der Waals surface area contributed by atoms with E-state index in [1.165, 1.54) is 0 Å². The van der Waals surface area contributed by atoms with E-state index in [0.29, 0.717) is 17.0 Å². The van der Waals surface area contributed by atoms with Crippen LogP contribution < -0.4 is 4.74 Å². The first-order chi connectivity index (χ1) is 13.5. The zero-order chi connectivity index (χ0) is 20.1. The van der Waals surface area contributed by atoms with Crippen LogP contribution in [0.1, 0.15) is 30.6 Å². The largest absolute Gasteiger partial charge is 0.493 e. The molecule has 0 amide bonds. The van der Waals surface area contributed by atoms with E-state index < -0.39 is 5.97 Å². The van der Waals surface area contributed by atoms with E-state index in [1.54, 1.807) is 12.1 Å². The summed E-state index contributed by atoms with van der Waals surface area (Å²) in [6.45, 7) is 5.06. The Balaban J connectivity index is 1.84. The summed E-state index contributed by atoms with van der Waals surface area (Å²) in [6.07, 6.45) is 1.10. The Morgan fingerprint density at radius 2 is 1.68 bits per heavy atom. The van der Waals surface area contributed by atoms with E-state index in [0.717, 1.165) is 39.9 Å². The molecule has 0 radical (unpaired) electrons. The fourth-order valence-electron chi connectivity index (χ4n) is 2.92. The Morgan fingerprint density at radius 3 is 2.32 bits per heavy atom. The van der Waals surface area contributed by atoms with Gasteiger partial charge in [0.05, 0.1) is 12.2 Å². The van der Waals surface area contributed by atoms with Gasteiger partial charge in [-0.1, -0.05) is 78.7 Å². The van der Waals surface area contributed by atoms with Gasteiger partial charge in [0.15, 0.2) is 0 Å². The average Bonchev–Trinajstić information content (AvgIpc) is 2.72. The number of halogens is 1. The molecule has 0 aromatic heterocycles. The second-order valence-electron chi connectivity index (χ2n) is 6.89. The topological polar surface area (TPSA) is 46.5 Å². The highest BCUT2D eigenvalue weighted by atomic mass is 79.9. The standard InChI is InChI=1S/C24H23BrO3/c1-3-16(2)15-28-19-11-8-17(9-12-19)18-10-13-21(23(25)14-18)20-6-4-5-7-22(20)24(26)27/h4-14,16H,3,15H2,1-2H3,(H,26,27). The van der Waals surface area contributed by atoms with Crippen LogP contribution >= 0.6 is 15.9 Å². The lowest BCUT2D eigenvalue weighted by molar-refractivity contribution is 0.0697. The van der Waals surface area contributed by atoms with E-state index >= 15 is 0 Å². The minimum absolute atomic E-state index is 0.291. The van der Waals surface area contributed by atoms with E-state index in [2.05, 4.69) is 29.8 Å². The first kappa shape index (κ1) is 20.2. The van der Waals surface area contributed by atoms with E-state index in [9.17, 15) is 9.90 Å². The second-order valence-corrected chi connectivity index (χ2v) is 7.75. The number of aromatic carboxylic acids is 1. The van der Waals surface area contributed by atoms with Crippen molar-refractivity contribution in [2.24, 2.45) is 5.92 Å². The van der Waals surface area contributed by atoms with Crippen LogP contribution in [0.5, 0.6) is 5.75 Å². The van der Waals surface area contributed by atoms with Crippen LogP contribution in [0.25, 0.3) is 22.3 Å². The molecule has 0 aliphatic heterocycles. The summed E-state index contributed by atoms with van der Waals surface area (Å²) in [5.74, 6) is 0.478. The summed E-state index contributed by atoms with van der Waals surface area (Å²) in [7, 11) is 0. The highest BCUT2D eigenvalue weighted by molar-refractivity contribution is 9.10. The van der Waals surface area contributed by atoms with Gasteiger partial charge in [-0.3, -0.25) is 0 Å². The quantitative estimate of drug-likeness (QED) is 0.435. The highest BCUT2D eigenvalue weighted by Crippen LogP contribution is 2.34. The molecule has 0 bridgehead atoms. The van der Waals surface area contributed by atoms with Gasteiger partial charge in [0.25, 0.3) is 0 Å². The molecular formula is C24H23BrO3. The smallest absolute Gasteiger partial charge is 0.336 e. The summed E-state index contributed by atoms with van der Waals surface area (Å²) in [6, 6.07) is 21.1. The summed E-state index contributed by atoms with van der Waals surface area (Å²) in [4.78, 5) is 11.5. The lowest BCUT2D eigenvalue weighted by Gasteiger charge is -2.12. The van der Waals surface area contributed by atoms with Crippen LogP contribution in [-0.4, -0.2) is 17.7 Å². The number of carboxylic acids is 1. The van der Waals surface area contributed by atoms with E-state index in [4.69, 9.17) is 4.74 Å². The molecule has 0 saturated heterocycles. The zero-order valence-corrected chi connectivity index (χ0v) is 17.6. The van der Waals surface area contributed by atoms with Gasteiger partial charge in [0.1, 0.15) is 5.75 Å². The third-order valence-corrected chi connectivity index (χ3v) is 5.49. The van der Waals surface area contributed by atoms with Gasteiger partial charge >= 0.3 is 5.97 Å². The number of hydrogen-bond donors (Lipinski definition) is 1. The molecule has 4 heteroatoms. The van der Waals surface area contributed by atoms with Crippen molar-refractivity contribution >= 4 is 21.9 Å². The van der Waals surface area contributed by atoms with E-state index in [-0.39, 0.29) is 0 Å². The van der Waals surface area contributed by atoms with Gasteiger partial charge in [-0.2, -0.15) is 0 Å². The van der Waals surface area contributed by atoms with Crippen molar-refractivity contribution in [3.8, 4) is 28.0 Å². The maximum absolute atomic E-state index is 11.5. The lowest BCUT2D eigenvalue weighted by atomic mass is 9.97. The summed E-state index contributed by atoms with van der Waals surface area (Å²) in [5, 5.41) is 9.44. The molecule has 0 saturated carbocycles. The predicted molar refractivity (Wildman–Crippen MR) is 117 cm³/mol. The van der Waals surface area contributed by atoms with Crippen molar-refractivity contribution in [3.63, 3.8) is 0 Å². The molecule has 3 nitrogen and oxygen atoms in total. The number of hydrogen-bond acceptors (Lipinski definition) is 2. The van der Waals surface area contributed by atoms with Gasteiger partial charge in [-0.25, -0.2) is 4.79 Å². The molecule has 3 rings (SSSR count). The number of rotatable bonds is 7. The molecule has 0 aliphatic rings. The molecular weight excluding hydrogens is 416 g/mol. The summed E-state index contributed by atoms with van der Waals surface area (Å²) >= 11 is 3.61. The summed E-state index contributed by atoms with van der Waals surface area (Å²) < 4.78 is 6.68. The maximum Gasteiger partial charge on any atom is 0.336 e. The van der Waals surface area contributed by atoms with Gasteiger partial charge in [-0.15, -0.1) is 0 Å². The lowest BCUT2D eigenvalue weighted by Crippen LogP contribution is -2.06. The predicted octanol–water partition coefficient (Wildman–Crippen LogP) is 6.91. The first-order valence-electron chi connectivity index (χ1n) is 9.35. The Labute approximate surface area is 174 Å². The molecule has 3 aromatic carbocycles. The maximum atomic E-state index is 11.5. The van der Waals surface area contributed by atoms with Gasteiger partial charge in [0, 0.05) is 4.47 Å². The van der Waals surface area contributed by atoms with Crippen molar-refractivity contribution in [2.45, 2.75) is 20.3 Å². The van der Waals surface area contributed by atoms with Gasteiger partial charge in [0.2, 0.25) is 0 Å². The molecule has 1 N–H and O–H groups in total. The Bertz CT molecular complexity index is 964. The van der Waals surface area contributed by atoms with Gasteiger partial charge < -0.3 is 9.84 Å². The third kappa shape index (κ3) is 4.63. The first-order valence-corrected chi connectivity index (χ1v) is 10.1. The SMILES string of the molecule is CCC(C)COc1ccc(-c2ccc(-c3ccccc3C(=O)O)c(Br)c2)cc1. The van der Waals surface area contributed by atoms with Crippen molar-refractivity contribution in [3.05, 3.63) is 76.8 Å². The fourth-order valence-corrected chi connectivity index (χ4v) is 3.51. The van der Waals surface area contributed by atoms with Crippen LogP contribution in [0.15, 0.2) is 71.2 Å². The number of ether oxygens (including phenoxy) is 1. The number of carbonyl (C=O) groups is 1. The molecule has 0 aliphatic carbocycles. The Hall–Kier alpha value is -2.59. The van der Waals surface area contributed by atoms with Crippen LogP contribution in [0.2, 0.25) is 0 Å². The molecule has 0 spiro atoms. The van der Waals surface area contributed by atoms with Crippen LogP contribution in [-0.2, 0) is 0 Å². The highest BCUT2D eigenvalue weighted by Gasteiger charge is 2.14. The Morgan fingerprint density at radius 1 is 1.00 bits per heavy atom. The zero-order valence-electron chi connectivity index (χ0n) is 16.0. The van der Waals surface area contributed by atoms with Crippen LogP contribution in [0.4, 0.5) is 0 Å². The molecule has 1 unspecified atom stereocenters. The van der Waals surface area contributed by atoms with Crippen LogP contribution in [0.3, 0.4) is 0 Å². The van der Waals surface area contributed by atoms with Crippen LogP contribution in [0, 0.1) is 5.92 Å². The number of benzene rings is 3. The van der Waals surface area contributed by atoms with Crippen molar-refractivity contribution in [1.82, 2.24) is 0 Å². The number of carboxylic acid groups (broad SMARTS) is 1. The van der Waals surface area contributed by atoms with Gasteiger partial charge in [-0.05, 0) is 52.4 Å². The molecule has 1 atom stereocenters. The van der Waals surface area contributed by atoms with E-state index in [1.807, 2.05) is 54.6 Å². The minimum atomic E-state index is -0.931. The molecule has 0 fully saturated rings.